The second-order valence-electron chi connectivity index (χ2n) is 4.18. The standard InChI is InChI=1S/C13H15NO3/c1-10-7-14(8-12(10)15)13(16)17-9-11-5-3-2-4-6-11/h1-6,10,12,15H,7-9H2/t10-,12+/m1/s1. The minimum absolute atomic E-state index is 0.238. The van der Waals surface area contributed by atoms with Crippen molar-refractivity contribution in [2.24, 2.45) is 5.92 Å². The highest BCUT2D eigenvalue weighted by atomic mass is 16.6. The highest BCUT2D eigenvalue weighted by molar-refractivity contribution is 5.68. The number of hydrogen-bond acceptors (Lipinski definition) is 3. The van der Waals surface area contributed by atoms with Crippen molar-refractivity contribution in [3.05, 3.63) is 42.8 Å². The number of benzene rings is 1. The van der Waals surface area contributed by atoms with Crippen molar-refractivity contribution in [2.75, 3.05) is 13.1 Å². The van der Waals surface area contributed by atoms with E-state index in [1.54, 1.807) is 0 Å². The highest BCUT2D eigenvalue weighted by Crippen LogP contribution is 2.16. The van der Waals surface area contributed by atoms with Gasteiger partial charge in [-0.2, -0.15) is 0 Å². The number of β-amino-alcohol motifs (C(OH)–C–C–N with tert-alkyl or cyclic N) is 1. The lowest BCUT2D eigenvalue weighted by atomic mass is 10.1. The maximum absolute atomic E-state index is 11.6. The van der Waals surface area contributed by atoms with Gasteiger partial charge in [-0.3, -0.25) is 0 Å². The van der Waals surface area contributed by atoms with Crippen LogP contribution in [0.15, 0.2) is 30.3 Å². The van der Waals surface area contributed by atoms with Gasteiger partial charge in [0.2, 0.25) is 0 Å². The van der Waals surface area contributed by atoms with Crippen molar-refractivity contribution in [3.8, 4) is 0 Å². The Bertz CT molecular complexity index is 370. The van der Waals surface area contributed by atoms with Crippen LogP contribution in [0.25, 0.3) is 0 Å². The van der Waals surface area contributed by atoms with Crippen molar-refractivity contribution in [1.29, 1.82) is 0 Å². The molecule has 2 radical (unpaired) electrons. The quantitative estimate of drug-likeness (QED) is 0.838. The van der Waals surface area contributed by atoms with Crippen molar-refractivity contribution >= 4 is 6.09 Å². The molecule has 1 aliphatic rings. The summed E-state index contributed by atoms with van der Waals surface area (Å²) in [5, 5.41) is 9.43. The monoisotopic (exact) mass is 233 g/mol. The summed E-state index contributed by atoms with van der Waals surface area (Å²) >= 11 is 0. The zero-order valence-electron chi connectivity index (χ0n) is 9.45. The summed E-state index contributed by atoms with van der Waals surface area (Å²) in [6.07, 6.45) is -1.08. The van der Waals surface area contributed by atoms with Crippen LogP contribution in [-0.4, -0.2) is 35.3 Å². The molecule has 0 spiro atoms. The summed E-state index contributed by atoms with van der Waals surface area (Å²) in [6.45, 7) is 6.44. The van der Waals surface area contributed by atoms with Gasteiger partial charge in [-0.05, 0) is 12.5 Å². The minimum Gasteiger partial charge on any atom is -0.445 e. The van der Waals surface area contributed by atoms with E-state index in [1.165, 1.54) is 4.90 Å². The number of carbonyl (C=O) groups excluding carboxylic acids is 1. The van der Waals surface area contributed by atoms with E-state index in [0.717, 1.165) is 5.56 Å². The van der Waals surface area contributed by atoms with E-state index in [1.807, 2.05) is 30.3 Å². The Kier molecular flexibility index (Phi) is 3.64. The summed E-state index contributed by atoms with van der Waals surface area (Å²) in [5.41, 5.74) is 0.935. The van der Waals surface area contributed by atoms with Gasteiger partial charge in [0, 0.05) is 12.5 Å². The van der Waals surface area contributed by atoms with Gasteiger partial charge >= 0.3 is 6.09 Å². The number of nitrogens with zero attached hydrogens (tertiary/aromatic N) is 1. The fraction of sp³-hybridized carbons (Fsp3) is 0.385. The van der Waals surface area contributed by atoms with Gasteiger partial charge in [0.1, 0.15) is 6.61 Å². The number of likely N-dealkylation sites (tertiary alicyclic amines) is 1. The Balaban J connectivity index is 1.82. The summed E-state index contributed by atoms with van der Waals surface area (Å²) in [7, 11) is 0. The zero-order valence-corrected chi connectivity index (χ0v) is 9.45. The molecule has 1 saturated heterocycles. The number of amides is 1. The second-order valence-corrected chi connectivity index (χ2v) is 4.18. The second kappa shape index (κ2) is 5.19. The summed E-state index contributed by atoms with van der Waals surface area (Å²) in [5.74, 6) is -0.376. The number of carbonyl (C=O) groups is 1. The molecule has 90 valence electrons. The number of aliphatic hydroxyl groups excluding tert-OH is 1. The number of ether oxygens (including phenoxy) is 1. The molecule has 1 aromatic rings. The van der Waals surface area contributed by atoms with Crippen LogP contribution in [0, 0.1) is 12.8 Å². The largest absolute Gasteiger partial charge is 0.445 e. The summed E-state index contributed by atoms with van der Waals surface area (Å²) in [4.78, 5) is 13.1. The number of hydrogen-bond donors (Lipinski definition) is 1. The third-order valence-electron chi connectivity index (χ3n) is 2.80. The van der Waals surface area contributed by atoms with Gasteiger partial charge in [0.15, 0.2) is 0 Å². The summed E-state index contributed by atoms with van der Waals surface area (Å²) < 4.78 is 5.13. The van der Waals surface area contributed by atoms with Gasteiger partial charge in [0.05, 0.1) is 12.6 Å². The molecule has 0 bridgehead atoms. The normalized spacial score (nSPS) is 23.8. The number of rotatable bonds is 2. The molecule has 2 rings (SSSR count). The van der Waals surface area contributed by atoms with E-state index >= 15 is 0 Å². The maximum atomic E-state index is 11.6. The van der Waals surface area contributed by atoms with Gasteiger partial charge in [0.25, 0.3) is 0 Å². The van der Waals surface area contributed by atoms with E-state index < -0.39 is 12.2 Å². The van der Waals surface area contributed by atoms with Crippen LogP contribution >= 0.6 is 0 Å². The highest BCUT2D eigenvalue weighted by Gasteiger charge is 2.31. The fourth-order valence-electron chi connectivity index (χ4n) is 1.77. The van der Waals surface area contributed by atoms with Crippen LogP contribution in [0.3, 0.4) is 0 Å². The molecule has 0 aromatic heterocycles. The SMILES string of the molecule is [CH][C@@H]1CN(C(=O)OCc2ccccc2)C[C@@H]1O. The Morgan fingerprint density at radius 1 is 1.41 bits per heavy atom. The van der Waals surface area contributed by atoms with E-state index in [9.17, 15) is 9.90 Å². The molecule has 17 heavy (non-hydrogen) atoms. The molecule has 1 heterocycles. The Morgan fingerprint density at radius 3 is 2.71 bits per heavy atom. The molecule has 1 aliphatic heterocycles. The lowest BCUT2D eigenvalue weighted by molar-refractivity contribution is 0.0969. The first kappa shape index (κ1) is 11.9. The first-order valence-corrected chi connectivity index (χ1v) is 5.56. The van der Waals surface area contributed by atoms with Gasteiger partial charge in [-0.15, -0.1) is 0 Å². The molecule has 1 amide bonds. The maximum Gasteiger partial charge on any atom is 0.410 e. The lowest BCUT2D eigenvalue weighted by Gasteiger charge is -2.15. The molecule has 0 aliphatic carbocycles. The van der Waals surface area contributed by atoms with Crippen LogP contribution in [0.5, 0.6) is 0 Å². The summed E-state index contributed by atoms with van der Waals surface area (Å²) in [6, 6.07) is 9.45. The molecular weight excluding hydrogens is 218 g/mol. The average Bonchev–Trinajstić information content (AvgIpc) is 2.68. The molecule has 1 aromatic carbocycles. The number of aliphatic hydroxyl groups is 1. The Hall–Kier alpha value is -1.55. The third kappa shape index (κ3) is 2.97. The molecule has 4 nitrogen and oxygen atoms in total. The Morgan fingerprint density at radius 2 is 2.12 bits per heavy atom. The molecule has 0 saturated carbocycles. The molecular formula is C13H15NO3. The van der Waals surface area contributed by atoms with Crippen molar-refractivity contribution < 1.29 is 14.6 Å². The van der Waals surface area contributed by atoms with Crippen molar-refractivity contribution in [1.82, 2.24) is 4.90 Å². The van der Waals surface area contributed by atoms with E-state index in [0.29, 0.717) is 6.54 Å². The predicted octanol–water partition coefficient (Wildman–Crippen LogP) is 1.33. The van der Waals surface area contributed by atoms with Gasteiger partial charge in [-0.1, -0.05) is 30.3 Å². The first-order valence-electron chi connectivity index (χ1n) is 5.56. The topological polar surface area (TPSA) is 49.8 Å². The molecule has 2 atom stereocenters. The van der Waals surface area contributed by atoms with E-state index in [2.05, 4.69) is 0 Å². The fourth-order valence-corrected chi connectivity index (χ4v) is 1.77. The van der Waals surface area contributed by atoms with Crippen molar-refractivity contribution in [2.45, 2.75) is 12.7 Å². The van der Waals surface area contributed by atoms with Crippen LogP contribution in [0.2, 0.25) is 0 Å². The Labute approximate surface area is 101 Å². The van der Waals surface area contributed by atoms with E-state index in [-0.39, 0.29) is 19.1 Å². The molecule has 4 heteroatoms. The van der Waals surface area contributed by atoms with Crippen molar-refractivity contribution in [3.63, 3.8) is 0 Å². The van der Waals surface area contributed by atoms with Crippen LogP contribution in [0.4, 0.5) is 4.79 Å². The van der Waals surface area contributed by atoms with Crippen LogP contribution < -0.4 is 0 Å². The smallest absolute Gasteiger partial charge is 0.410 e. The van der Waals surface area contributed by atoms with E-state index in [4.69, 9.17) is 11.7 Å². The minimum atomic E-state index is -0.653. The first-order chi connectivity index (χ1) is 8.16. The third-order valence-corrected chi connectivity index (χ3v) is 2.80. The molecule has 1 N–H and O–H groups in total. The average molecular weight is 233 g/mol. The van der Waals surface area contributed by atoms with Gasteiger partial charge in [-0.25, -0.2) is 4.79 Å². The zero-order chi connectivity index (χ0) is 12.3. The predicted molar refractivity (Wildman–Crippen MR) is 62.0 cm³/mol. The van der Waals surface area contributed by atoms with Crippen LogP contribution in [-0.2, 0) is 11.3 Å². The molecule has 1 fully saturated rings. The van der Waals surface area contributed by atoms with Gasteiger partial charge < -0.3 is 14.7 Å². The lowest BCUT2D eigenvalue weighted by Crippen LogP contribution is -2.30. The van der Waals surface area contributed by atoms with Crippen LogP contribution in [0.1, 0.15) is 5.56 Å². The molecule has 0 unspecified atom stereocenters.